The van der Waals surface area contributed by atoms with Crippen molar-refractivity contribution in [1.82, 2.24) is 5.32 Å². The van der Waals surface area contributed by atoms with Crippen LogP contribution in [0.15, 0.2) is 18.2 Å². The minimum Gasteiger partial charge on any atom is -0.478 e. The second-order valence-corrected chi connectivity index (χ2v) is 4.83. The van der Waals surface area contributed by atoms with Crippen LogP contribution in [0.2, 0.25) is 0 Å². The van der Waals surface area contributed by atoms with E-state index in [1.54, 1.807) is 20.8 Å². The molecule has 18 heavy (non-hydrogen) atoms. The Morgan fingerprint density at radius 3 is 2.33 bits per heavy atom. The van der Waals surface area contributed by atoms with E-state index in [-0.39, 0.29) is 5.69 Å². The molecule has 0 spiro atoms. The molecule has 0 radical (unpaired) electrons. The zero-order valence-electron chi connectivity index (χ0n) is 10.4. The summed E-state index contributed by atoms with van der Waals surface area (Å²) in [6.45, 7) is 5.42. The molecule has 0 aliphatic rings. The van der Waals surface area contributed by atoms with Crippen molar-refractivity contribution in [3.8, 4) is 0 Å². The topological polar surface area (TPSA) is 78.4 Å². The van der Waals surface area contributed by atoms with Crippen LogP contribution in [0.25, 0.3) is 0 Å². The van der Waals surface area contributed by atoms with Crippen molar-refractivity contribution in [3.63, 3.8) is 0 Å². The van der Waals surface area contributed by atoms with Crippen LogP contribution in [0.1, 0.15) is 31.1 Å². The second kappa shape index (κ2) is 5.03. The first kappa shape index (κ1) is 14.0. The van der Waals surface area contributed by atoms with Crippen LogP contribution < -0.4 is 10.6 Å². The molecule has 1 aromatic carbocycles. The van der Waals surface area contributed by atoms with Crippen LogP contribution in [0.5, 0.6) is 0 Å². The maximum atomic E-state index is 13.3. The van der Waals surface area contributed by atoms with Crippen LogP contribution in [-0.2, 0) is 0 Å². The van der Waals surface area contributed by atoms with Gasteiger partial charge in [0.1, 0.15) is 5.82 Å². The lowest BCUT2D eigenvalue weighted by Crippen LogP contribution is -2.43. The summed E-state index contributed by atoms with van der Waals surface area (Å²) in [7, 11) is 0. The van der Waals surface area contributed by atoms with E-state index in [0.29, 0.717) is 0 Å². The Labute approximate surface area is 104 Å². The third kappa shape index (κ3) is 4.04. The first-order chi connectivity index (χ1) is 8.19. The van der Waals surface area contributed by atoms with E-state index in [9.17, 15) is 14.0 Å². The molecule has 0 fully saturated rings. The zero-order chi connectivity index (χ0) is 13.9. The molecular weight excluding hydrogens is 239 g/mol. The number of benzene rings is 1. The highest BCUT2D eigenvalue weighted by Gasteiger charge is 2.15. The van der Waals surface area contributed by atoms with E-state index in [4.69, 9.17) is 5.11 Å². The fourth-order valence-corrected chi connectivity index (χ4v) is 1.27. The van der Waals surface area contributed by atoms with Crippen LogP contribution >= 0.6 is 0 Å². The monoisotopic (exact) mass is 254 g/mol. The molecule has 0 saturated heterocycles. The fourth-order valence-electron chi connectivity index (χ4n) is 1.27. The Hall–Kier alpha value is -2.11. The quantitative estimate of drug-likeness (QED) is 0.758. The number of urea groups is 1. The van der Waals surface area contributed by atoms with Gasteiger partial charge in [-0.15, -0.1) is 0 Å². The Balaban J connectivity index is 2.78. The number of aromatic carboxylic acids is 1. The van der Waals surface area contributed by atoms with Gasteiger partial charge in [0.15, 0.2) is 0 Å². The summed E-state index contributed by atoms with van der Waals surface area (Å²) >= 11 is 0. The summed E-state index contributed by atoms with van der Waals surface area (Å²) in [6.07, 6.45) is 0. The Kier molecular flexibility index (Phi) is 3.90. The third-order valence-corrected chi connectivity index (χ3v) is 1.95. The number of halogens is 1. The van der Waals surface area contributed by atoms with Gasteiger partial charge in [0, 0.05) is 11.2 Å². The number of carboxylic acid groups (broad SMARTS) is 1. The van der Waals surface area contributed by atoms with Gasteiger partial charge in [0.05, 0.1) is 5.56 Å². The molecule has 0 aromatic heterocycles. The highest BCUT2D eigenvalue weighted by Crippen LogP contribution is 2.14. The van der Waals surface area contributed by atoms with Gasteiger partial charge in [-0.2, -0.15) is 0 Å². The first-order valence-corrected chi connectivity index (χ1v) is 5.31. The van der Waals surface area contributed by atoms with Gasteiger partial charge in [-0.05, 0) is 39.0 Å². The Morgan fingerprint density at radius 1 is 1.28 bits per heavy atom. The van der Waals surface area contributed by atoms with Gasteiger partial charge < -0.3 is 15.7 Å². The lowest BCUT2D eigenvalue weighted by molar-refractivity contribution is 0.0692. The highest BCUT2D eigenvalue weighted by molar-refractivity contribution is 5.92. The standard InChI is InChI=1S/C12H15FN2O3/c1-12(2,3)15-11(18)14-7-4-5-8(10(16)17)9(13)6-7/h4-6H,1-3H3,(H,16,17)(H2,14,15,18). The number of amides is 2. The fraction of sp³-hybridized carbons (Fsp3) is 0.333. The van der Waals surface area contributed by atoms with E-state index >= 15 is 0 Å². The molecule has 98 valence electrons. The molecule has 0 atom stereocenters. The molecule has 0 heterocycles. The molecule has 0 unspecified atom stereocenters. The molecule has 6 heteroatoms. The van der Waals surface area contributed by atoms with E-state index in [1.165, 1.54) is 6.07 Å². The van der Waals surface area contributed by atoms with Crippen molar-refractivity contribution in [2.45, 2.75) is 26.3 Å². The first-order valence-electron chi connectivity index (χ1n) is 5.31. The van der Waals surface area contributed by atoms with Gasteiger partial charge in [0.2, 0.25) is 0 Å². The lowest BCUT2D eigenvalue weighted by Gasteiger charge is -2.20. The molecule has 1 rings (SSSR count). The van der Waals surface area contributed by atoms with Crippen LogP contribution in [0.3, 0.4) is 0 Å². The van der Waals surface area contributed by atoms with Gasteiger partial charge >= 0.3 is 12.0 Å². The van der Waals surface area contributed by atoms with Crippen molar-refractivity contribution in [3.05, 3.63) is 29.6 Å². The van der Waals surface area contributed by atoms with E-state index < -0.39 is 28.9 Å². The Morgan fingerprint density at radius 2 is 1.89 bits per heavy atom. The maximum absolute atomic E-state index is 13.3. The molecule has 5 nitrogen and oxygen atoms in total. The van der Waals surface area contributed by atoms with Gasteiger partial charge in [0.25, 0.3) is 0 Å². The molecule has 3 N–H and O–H groups in total. The third-order valence-electron chi connectivity index (χ3n) is 1.95. The molecule has 0 aliphatic heterocycles. The molecule has 1 aromatic rings. The zero-order valence-corrected chi connectivity index (χ0v) is 10.4. The average Bonchev–Trinajstić information content (AvgIpc) is 2.13. The number of anilines is 1. The predicted molar refractivity (Wildman–Crippen MR) is 65.3 cm³/mol. The lowest BCUT2D eigenvalue weighted by atomic mass is 10.1. The maximum Gasteiger partial charge on any atom is 0.338 e. The molecule has 0 aliphatic carbocycles. The number of carbonyl (C=O) groups is 2. The largest absolute Gasteiger partial charge is 0.478 e. The number of hydrogen-bond acceptors (Lipinski definition) is 2. The second-order valence-electron chi connectivity index (χ2n) is 4.83. The minimum atomic E-state index is -1.35. The minimum absolute atomic E-state index is 0.194. The van der Waals surface area contributed by atoms with E-state index in [0.717, 1.165) is 12.1 Å². The predicted octanol–water partition coefficient (Wildman–Crippen LogP) is 2.44. The van der Waals surface area contributed by atoms with Crippen molar-refractivity contribution in [1.29, 1.82) is 0 Å². The highest BCUT2D eigenvalue weighted by atomic mass is 19.1. The number of rotatable bonds is 2. The molecular formula is C12H15FN2O3. The number of carboxylic acids is 1. The van der Waals surface area contributed by atoms with Crippen LogP contribution in [0.4, 0.5) is 14.9 Å². The van der Waals surface area contributed by atoms with Gasteiger partial charge in [-0.3, -0.25) is 0 Å². The van der Waals surface area contributed by atoms with Crippen molar-refractivity contribution >= 4 is 17.7 Å². The van der Waals surface area contributed by atoms with Gasteiger partial charge in [-0.25, -0.2) is 14.0 Å². The summed E-state index contributed by atoms with van der Waals surface area (Å²) in [5.74, 6) is -2.24. The number of hydrogen-bond donors (Lipinski definition) is 3. The van der Waals surface area contributed by atoms with Gasteiger partial charge in [-0.1, -0.05) is 0 Å². The van der Waals surface area contributed by atoms with Crippen LogP contribution in [-0.4, -0.2) is 22.6 Å². The van der Waals surface area contributed by atoms with Crippen molar-refractivity contribution < 1.29 is 19.1 Å². The number of nitrogens with one attached hydrogen (secondary N) is 2. The molecule has 0 bridgehead atoms. The summed E-state index contributed by atoms with van der Waals surface area (Å²) in [5.41, 5.74) is -0.653. The van der Waals surface area contributed by atoms with Crippen molar-refractivity contribution in [2.75, 3.05) is 5.32 Å². The summed E-state index contributed by atoms with van der Waals surface area (Å²) in [4.78, 5) is 22.1. The summed E-state index contributed by atoms with van der Waals surface area (Å²) in [5, 5.41) is 13.7. The Bertz CT molecular complexity index is 481. The normalized spacial score (nSPS) is 10.9. The molecule has 2 amide bonds. The smallest absolute Gasteiger partial charge is 0.338 e. The van der Waals surface area contributed by atoms with Crippen molar-refractivity contribution in [2.24, 2.45) is 0 Å². The summed E-state index contributed by atoms with van der Waals surface area (Å²) in [6, 6.07) is 2.91. The van der Waals surface area contributed by atoms with E-state index in [2.05, 4.69) is 10.6 Å². The summed E-state index contributed by atoms with van der Waals surface area (Å²) < 4.78 is 13.3. The average molecular weight is 254 g/mol. The molecule has 0 saturated carbocycles. The van der Waals surface area contributed by atoms with E-state index in [1.807, 2.05) is 0 Å². The number of carbonyl (C=O) groups excluding carboxylic acids is 1. The SMILES string of the molecule is CC(C)(C)NC(=O)Nc1ccc(C(=O)O)c(F)c1. The van der Waals surface area contributed by atoms with Crippen LogP contribution in [0, 0.1) is 5.82 Å².